The highest BCUT2D eigenvalue weighted by atomic mass is 16.4. The summed E-state index contributed by atoms with van der Waals surface area (Å²) in [5.74, 6) is 0.457. The van der Waals surface area contributed by atoms with Crippen LogP contribution in [0.2, 0.25) is 0 Å². The molecule has 0 aromatic rings. The molecule has 2 nitrogen and oxygen atoms in total. The van der Waals surface area contributed by atoms with Gasteiger partial charge in [0, 0.05) is 6.08 Å². The van der Waals surface area contributed by atoms with Gasteiger partial charge in [-0.3, -0.25) is 0 Å². The summed E-state index contributed by atoms with van der Waals surface area (Å²) < 4.78 is 0. The van der Waals surface area contributed by atoms with Gasteiger partial charge in [0.05, 0.1) is 0 Å². The van der Waals surface area contributed by atoms with Gasteiger partial charge in [-0.05, 0) is 25.2 Å². The quantitative estimate of drug-likeness (QED) is 0.502. The van der Waals surface area contributed by atoms with E-state index in [0.717, 1.165) is 11.5 Å². The standard InChI is InChI=1S/C15H26O2/c1-5-12(2)7-6-8-13(3)11-14(4)9-10-15(16)17/h9-13H,5-8H2,1-4H3,(H,16,17)/b10-9+,14-11+/t12-,13?/m0/s1. The molecule has 0 aliphatic carbocycles. The van der Waals surface area contributed by atoms with Crippen LogP contribution in [0.3, 0.4) is 0 Å². The number of rotatable bonds is 8. The molecule has 0 aromatic carbocycles. The number of hydrogen-bond acceptors (Lipinski definition) is 1. The lowest BCUT2D eigenvalue weighted by Gasteiger charge is -2.10. The summed E-state index contributed by atoms with van der Waals surface area (Å²) in [6.07, 6.45) is 9.98. The van der Waals surface area contributed by atoms with Crippen LogP contribution in [0.25, 0.3) is 0 Å². The van der Waals surface area contributed by atoms with Crippen molar-refractivity contribution >= 4 is 5.97 Å². The Morgan fingerprint density at radius 2 is 1.88 bits per heavy atom. The summed E-state index contributed by atoms with van der Waals surface area (Å²) >= 11 is 0. The molecule has 2 heteroatoms. The Morgan fingerprint density at radius 1 is 1.24 bits per heavy atom. The van der Waals surface area contributed by atoms with Crippen LogP contribution in [-0.2, 0) is 4.79 Å². The first-order valence-electron chi connectivity index (χ1n) is 6.55. The average Bonchev–Trinajstić information content (AvgIpc) is 2.26. The molecule has 0 aliphatic heterocycles. The first-order valence-corrected chi connectivity index (χ1v) is 6.55. The van der Waals surface area contributed by atoms with E-state index >= 15 is 0 Å². The fourth-order valence-electron chi connectivity index (χ4n) is 1.78. The van der Waals surface area contributed by atoms with Crippen LogP contribution >= 0.6 is 0 Å². The zero-order chi connectivity index (χ0) is 13.3. The summed E-state index contributed by atoms with van der Waals surface area (Å²) in [6.45, 7) is 8.66. The van der Waals surface area contributed by atoms with Gasteiger partial charge < -0.3 is 5.11 Å². The van der Waals surface area contributed by atoms with Gasteiger partial charge >= 0.3 is 5.97 Å². The minimum absolute atomic E-state index is 0.525. The summed E-state index contributed by atoms with van der Waals surface area (Å²) in [4.78, 5) is 10.4. The van der Waals surface area contributed by atoms with E-state index < -0.39 is 5.97 Å². The van der Waals surface area contributed by atoms with Crippen LogP contribution < -0.4 is 0 Å². The van der Waals surface area contributed by atoms with Crippen molar-refractivity contribution in [3.8, 4) is 0 Å². The van der Waals surface area contributed by atoms with E-state index in [1.54, 1.807) is 6.08 Å². The molecule has 0 radical (unpaired) electrons. The summed E-state index contributed by atoms with van der Waals surface area (Å²) in [5.41, 5.74) is 1.03. The van der Waals surface area contributed by atoms with E-state index in [1.165, 1.54) is 31.8 Å². The number of carboxylic acids is 1. The monoisotopic (exact) mass is 238 g/mol. The van der Waals surface area contributed by atoms with Crippen LogP contribution in [0.5, 0.6) is 0 Å². The van der Waals surface area contributed by atoms with Crippen molar-refractivity contribution in [2.45, 2.75) is 53.4 Å². The largest absolute Gasteiger partial charge is 0.478 e. The zero-order valence-corrected chi connectivity index (χ0v) is 11.6. The lowest BCUT2D eigenvalue weighted by molar-refractivity contribution is -0.131. The summed E-state index contributed by atoms with van der Waals surface area (Å²) in [7, 11) is 0. The Morgan fingerprint density at radius 3 is 2.41 bits per heavy atom. The SMILES string of the molecule is CC[C@H](C)CCCC(C)/C=C(C)/C=C/C(=O)O. The van der Waals surface area contributed by atoms with Gasteiger partial charge in [-0.15, -0.1) is 0 Å². The van der Waals surface area contributed by atoms with Crippen LogP contribution in [0, 0.1) is 11.8 Å². The fourth-order valence-corrected chi connectivity index (χ4v) is 1.78. The van der Waals surface area contributed by atoms with E-state index in [1.807, 2.05) is 6.92 Å². The highest BCUT2D eigenvalue weighted by Crippen LogP contribution is 2.16. The van der Waals surface area contributed by atoms with Crippen LogP contribution in [0.15, 0.2) is 23.8 Å². The second-order valence-corrected chi connectivity index (χ2v) is 5.00. The molecule has 0 spiro atoms. The molecule has 0 aliphatic rings. The normalized spacial score (nSPS) is 16.1. The number of carbonyl (C=O) groups is 1. The highest BCUT2D eigenvalue weighted by Gasteiger charge is 2.02. The molecule has 0 bridgehead atoms. The minimum Gasteiger partial charge on any atom is -0.478 e. The Balaban J connectivity index is 3.94. The molecule has 0 rings (SSSR count). The molecule has 0 saturated heterocycles. The van der Waals surface area contributed by atoms with E-state index in [0.29, 0.717) is 5.92 Å². The zero-order valence-electron chi connectivity index (χ0n) is 11.6. The van der Waals surface area contributed by atoms with Gasteiger partial charge in [0.25, 0.3) is 0 Å². The molecule has 17 heavy (non-hydrogen) atoms. The molecule has 0 saturated carbocycles. The number of hydrogen-bond donors (Lipinski definition) is 1. The topological polar surface area (TPSA) is 37.3 Å². The Kier molecular flexibility index (Phi) is 8.47. The van der Waals surface area contributed by atoms with Crippen molar-refractivity contribution in [3.05, 3.63) is 23.8 Å². The van der Waals surface area contributed by atoms with Crippen molar-refractivity contribution in [2.75, 3.05) is 0 Å². The van der Waals surface area contributed by atoms with Crippen molar-refractivity contribution in [2.24, 2.45) is 11.8 Å². The van der Waals surface area contributed by atoms with Crippen molar-refractivity contribution in [3.63, 3.8) is 0 Å². The van der Waals surface area contributed by atoms with Gasteiger partial charge in [-0.1, -0.05) is 57.8 Å². The van der Waals surface area contributed by atoms with Gasteiger partial charge in [-0.25, -0.2) is 4.79 Å². The van der Waals surface area contributed by atoms with Crippen LogP contribution in [0.4, 0.5) is 0 Å². The van der Waals surface area contributed by atoms with E-state index in [9.17, 15) is 4.79 Å². The van der Waals surface area contributed by atoms with Gasteiger partial charge in [-0.2, -0.15) is 0 Å². The number of aliphatic carboxylic acids is 1. The van der Waals surface area contributed by atoms with Gasteiger partial charge in [0.1, 0.15) is 0 Å². The maximum atomic E-state index is 10.4. The summed E-state index contributed by atoms with van der Waals surface area (Å²) in [6, 6.07) is 0. The second-order valence-electron chi connectivity index (χ2n) is 5.00. The third-order valence-corrected chi connectivity index (χ3v) is 3.09. The average molecular weight is 238 g/mol. The molecule has 98 valence electrons. The van der Waals surface area contributed by atoms with Crippen molar-refractivity contribution in [1.82, 2.24) is 0 Å². The van der Waals surface area contributed by atoms with Crippen molar-refractivity contribution < 1.29 is 9.90 Å². The van der Waals surface area contributed by atoms with Crippen molar-refractivity contribution in [1.29, 1.82) is 0 Å². The molecule has 0 heterocycles. The van der Waals surface area contributed by atoms with E-state index in [2.05, 4.69) is 26.8 Å². The Bertz CT molecular complexity index is 277. The maximum Gasteiger partial charge on any atom is 0.328 e. The highest BCUT2D eigenvalue weighted by molar-refractivity contribution is 5.80. The molecular formula is C15H26O2. The van der Waals surface area contributed by atoms with Crippen LogP contribution in [0.1, 0.15) is 53.4 Å². The molecule has 2 atom stereocenters. The molecule has 1 unspecified atom stereocenters. The lowest BCUT2D eigenvalue weighted by Crippen LogP contribution is -1.96. The molecule has 0 aromatic heterocycles. The lowest BCUT2D eigenvalue weighted by atomic mass is 9.96. The predicted molar refractivity (Wildman–Crippen MR) is 73.0 cm³/mol. The van der Waals surface area contributed by atoms with E-state index in [-0.39, 0.29) is 0 Å². The molecular weight excluding hydrogens is 212 g/mol. The Hall–Kier alpha value is -1.05. The van der Waals surface area contributed by atoms with Crippen LogP contribution in [-0.4, -0.2) is 11.1 Å². The van der Waals surface area contributed by atoms with E-state index in [4.69, 9.17) is 5.11 Å². The molecule has 1 N–H and O–H groups in total. The molecule has 0 fully saturated rings. The maximum absolute atomic E-state index is 10.4. The second kappa shape index (κ2) is 9.03. The fraction of sp³-hybridized carbons (Fsp3) is 0.667. The predicted octanol–water partition coefficient (Wildman–Crippen LogP) is 4.43. The van der Waals surface area contributed by atoms with Gasteiger partial charge in [0.2, 0.25) is 0 Å². The first-order chi connectivity index (χ1) is 7.95. The minimum atomic E-state index is -0.887. The third kappa shape index (κ3) is 9.86. The summed E-state index contributed by atoms with van der Waals surface area (Å²) in [5, 5.41) is 8.51. The third-order valence-electron chi connectivity index (χ3n) is 3.09. The Labute approximate surface area is 105 Å². The first kappa shape index (κ1) is 16.0. The van der Waals surface area contributed by atoms with Gasteiger partial charge in [0.15, 0.2) is 0 Å². The smallest absolute Gasteiger partial charge is 0.328 e. The number of carboxylic acid groups (broad SMARTS) is 1. The number of allylic oxidation sites excluding steroid dienone is 3. The molecule has 0 amide bonds.